The lowest BCUT2D eigenvalue weighted by Gasteiger charge is -2.22. The van der Waals surface area contributed by atoms with Crippen LogP contribution in [-0.4, -0.2) is 29.8 Å². The van der Waals surface area contributed by atoms with E-state index in [1.807, 2.05) is 36.9 Å². The van der Waals surface area contributed by atoms with Gasteiger partial charge in [-0.05, 0) is 43.9 Å². The summed E-state index contributed by atoms with van der Waals surface area (Å²) in [6, 6.07) is 5.85. The molecule has 1 aliphatic rings. The molecule has 120 valence electrons. The minimum Gasteiger partial charge on any atom is -0.342 e. The highest BCUT2D eigenvalue weighted by atomic mass is 16.2. The number of benzene rings is 1. The Hall–Kier alpha value is -1.84. The first-order valence-corrected chi connectivity index (χ1v) is 8.12. The molecule has 22 heavy (non-hydrogen) atoms. The van der Waals surface area contributed by atoms with Gasteiger partial charge in [0.05, 0.1) is 11.8 Å². The number of rotatable bonds is 6. The van der Waals surface area contributed by atoms with Crippen molar-refractivity contribution in [3.05, 3.63) is 29.3 Å². The summed E-state index contributed by atoms with van der Waals surface area (Å²) in [5, 5.41) is 2.90. The third kappa shape index (κ3) is 3.16. The van der Waals surface area contributed by atoms with Gasteiger partial charge in [-0.1, -0.05) is 26.0 Å². The fraction of sp³-hybridized carbons (Fsp3) is 0.556. The number of carbonyl (C=O) groups is 2. The van der Waals surface area contributed by atoms with Gasteiger partial charge in [0.2, 0.25) is 11.8 Å². The lowest BCUT2D eigenvalue weighted by Crippen LogP contribution is -2.33. The van der Waals surface area contributed by atoms with Crippen LogP contribution >= 0.6 is 0 Å². The Morgan fingerprint density at radius 3 is 2.41 bits per heavy atom. The molecule has 1 aliphatic heterocycles. The molecule has 0 atom stereocenters. The molecule has 1 heterocycles. The first-order chi connectivity index (χ1) is 10.4. The molecule has 1 aromatic rings. The average Bonchev–Trinajstić information content (AvgIpc) is 2.69. The summed E-state index contributed by atoms with van der Waals surface area (Å²) in [4.78, 5) is 26.4. The zero-order chi connectivity index (χ0) is 16.3. The van der Waals surface area contributed by atoms with E-state index in [0.29, 0.717) is 6.42 Å². The molecule has 0 saturated heterocycles. The van der Waals surface area contributed by atoms with Gasteiger partial charge in [-0.3, -0.25) is 9.59 Å². The average molecular weight is 302 g/mol. The first-order valence-electron chi connectivity index (χ1n) is 8.12. The second-order valence-electron chi connectivity index (χ2n) is 6.52. The summed E-state index contributed by atoms with van der Waals surface area (Å²) >= 11 is 0. The maximum absolute atomic E-state index is 12.5. The minimum atomic E-state index is -0.527. The highest BCUT2D eigenvalue weighted by Gasteiger charge is 2.38. The van der Waals surface area contributed by atoms with Crippen LogP contribution in [0.2, 0.25) is 0 Å². The summed E-state index contributed by atoms with van der Waals surface area (Å²) < 4.78 is 0. The smallest absolute Gasteiger partial charge is 0.234 e. The van der Waals surface area contributed by atoms with E-state index < -0.39 is 5.41 Å². The van der Waals surface area contributed by atoms with Crippen molar-refractivity contribution in [1.29, 1.82) is 0 Å². The van der Waals surface area contributed by atoms with Gasteiger partial charge in [0.25, 0.3) is 0 Å². The highest BCUT2D eigenvalue weighted by molar-refractivity contribution is 6.05. The topological polar surface area (TPSA) is 49.4 Å². The second kappa shape index (κ2) is 6.51. The van der Waals surface area contributed by atoms with E-state index in [2.05, 4.69) is 19.2 Å². The number of hydrogen-bond donors (Lipinski definition) is 1. The van der Waals surface area contributed by atoms with Gasteiger partial charge in [0.1, 0.15) is 0 Å². The third-order valence-corrected chi connectivity index (χ3v) is 4.27. The molecular weight excluding hydrogens is 276 g/mol. The molecule has 1 aromatic carbocycles. The van der Waals surface area contributed by atoms with Crippen LogP contribution in [0.4, 0.5) is 5.69 Å². The van der Waals surface area contributed by atoms with Crippen LogP contribution in [0.15, 0.2) is 18.2 Å². The molecule has 0 aliphatic carbocycles. The molecule has 4 heteroatoms. The molecule has 1 N–H and O–H groups in total. The van der Waals surface area contributed by atoms with Crippen molar-refractivity contribution in [2.24, 2.45) is 0 Å². The maximum Gasteiger partial charge on any atom is 0.234 e. The van der Waals surface area contributed by atoms with Gasteiger partial charge in [-0.15, -0.1) is 0 Å². The zero-order valence-electron chi connectivity index (χ0n) is 14.0. The summed E-state index contributed by atoms with van der Waals surface area (Å²) in [7, 11) is 0. The van der Waals surface area contributed by atoms with E-state index in [9.17, 15) is 9.59 Å². The van der Waals surface area contributed by atoms with Gasteiger partial charge in [-0.2, -0.15) is 0 Å². The number of hydrogen-bond acceptors (Lipinski definition) is 2. The molecular formula is C18H26N2O2. The lowest BCUT2D eigenvalue weighted by atomic mass is 9.85. The van der Waals surface area contributed by atoms with Crippen molar-refractivity contribution in [1.82, 2.24) is 4.90 Å². The van der Waals surface area contributed by atoms with Gasteiger partial charge >= 0.3 is 0 Å². The fourth-order valence-corrected chi connectivity index (χ4v) is 2.92. The number of amides is 2. The van der Waals surface area contributed by atoms with Crippen molar-refractivity contribution < 1.29 is 9.59 Å². The van der Waals surface area contributed by atoms with E-state index in [1.165, 1.54) is 0 Å². The van der Waals surface area contributed by atoms with E-state index in [0.717, 1.165) is 42.7 Å². The van der Waals surface area contributed by atoms with Crippen LogP contribution in [-0.2, 0) is 21.4 Å². The van der Waals surface area contributed by atoms with Crippen LogP contribution in [0.5, 0.6) is 0 Å². The molecule has 2 amide bonds. The van der Waals surface area contributed by atoms with Crippen molar-refractivity contribution in [2.45, 2.75) is 52.4 Å². The van der Waals surface area contributed by atoms with Crippen molar-refractivity contribution >= 4 is 17.5 Å². The van der Waals surface area contributed by atoms with E-state index in [1.54, 1.807) is 0 Å². The molecule has 0 aromatic heterocycles. The van der Waals surface area contributed by atoms with Crippen molar-refractivity contribution in [2.75, 3.05) is 18.4 Å². The third-order valence-electron chi connectivity index (χ3n) is 4.27. The predicted molar refractivity (Wildman–Crippen MR) is 89.0 cm³/mol. The largest absolute Gasteiger partial charge is 0.342 e. The van der Waals surface area contributed by atoms with E-state index in [-0.39, 0.29) is 11.8 Å². The molecule has 0 bridgehead atoms. The Morgan fingerprint density at radius 2 is 1.82 bits per heavy atom. The van der Waals surface area contributed by atoms with Crippen LogP contribution in [0, 0.1) is 0 Å². The Labute approximate surface area is 132 Å². The summed E-state index contributed by atoms with van der Waals surface area (Å²) in [5.74, 6) is 0.184. The molecule has 4 nitrogen and oxygen atoms in total. The van der Waals surface area contributed by atoms with Crippen LogP contribution in [0.3, 0.4) is 0 Å². The number of carbonyl (C=O) groups excluding carboxylic acids is 2. The lowest BCUT2D eigenvalue weighted by molar-refractivity contribution is -0.130. The Balaban J connectivity index is 2.17. The Kier molecular flexibility index (Phi) is 4.89. The molecule has 2 rings (SSSR count). The molecule has 0 fully saturated rings. The van der Waals surface area contributed by atoms with E-state index in [4.69, 9.17) is 0 Å². The van der Waals surface area contributed by atoms with Crippen molar-refractivity contribution in [3.63, 3.8) is 0 Å². The number of fused-ring (bicyclic) bond motifs is 1. The number of nitrogens with zero attached hydrogens (tertiary/aromatic N) is 1. The SMILES string of the molecule is CCCN(CCC)C(=O)Cc1ccc2c(c1)C(C)(C)C(=O)N2. The fourth-order valence-electron chi connectivity index (χ4n) is 2.92. The molecule has 0 saturated carbocycles. The maximum atomic E-state index is 12.5. The molecule has 0 radical (unpaired) electrons. The Bertz CT molecular complexity index is 572. The summed E-state index contributed by atoms with van der Waals surface area (Å²) in [6.07, 6.45) is 2.35. The monoisotopic (exact) mass is 302 g/mol. The number of anilines is 1. The predicted octanol–water partition coefficient (Wildman–Crippen LogP) is 3.11. The second-order valence-corrected chi connectivity index (χ2v) is 6.52. The standard InChI is InChI=1S/C18H26N2O2/c1-5-9-20(10-6-2)16(21)12-13-7-8-15-14(11-13)18(3,4)17(22)19-15/h7-8,11H,5-6,9-10,12H2,1-4H3,(H,19,22). The quantitative estimate of drug-likeness (QED) is 0.878. The van der Waals surface area contributed by atoms with Crippen molar-refractivity contribution in [3.8, 4) is 0 Å². The van der Waals surface area contributed by atoms with Crippen LogP contribution in [0.1, 0.15) is 51.7 Å². The summed E-state index contributed by atoms with van der Waals surface area (Å²) in [5.41, 5.74) is 2.30. The van der Waals surface area contributed by atoms with Gasteiger partial charge in [0, 0.05) is 18.8 Å². The van der Waals surface area contributed by atoms with Crippen LogP contribution in [0.25, 0.3) is 0 Å². The molecule has 0 spiro atoms. The van der Waals surface area contributed by atoms with Crippen LogP contribution < -0.4 is 5.32 Å². The van der Waals surface area contributed by atoms with Gasteiger partial charge < -0.3 is 10.2 Å². The summed E-state index contributed by atoms with van der Waals surface area (Å²) in [6.45, 7) is 9.63. The van der Waals surface area contributed by atoms with Gasteiger partial charge in [0.15, 0.2) is 0 Å². The van der Waals surface area contributed by atoms with E-state index >= 15 is 0 Å². The zero-order valence-corrected chi connectivity index (χ0v) is 14.0. The Morgan fingerprint density at radius 1 is 1.18 bits per heavy atom. The minimum absolute atomic E-state index is 0.0181. The normalized spacial score (nSPS) is 15.4. The molecule has 0 unspecified atom stereocenters. The number of nitrogens with one attached hydrogen (secondary N) is 1. The first kappa shape index (κ1) is 16.5. The highest BCUT2D eigenvalue weighted by Crippen LogP contribution is 2.37. The van der Waals surface area contributed by atoms with Gasteiger partial charge in [-0.25, -0.2) is 0 Å².